The zero-order valence-corrected chi connectivity index (χ0v) is 33.3. The van der Waals surface area contributed by atoms with Crippen molar-refractivity contribution in [3.05, 3.63) is 125 Å². The molecule has 0 unspecified atom stereocenters. The fourth-order valence-corrected chi connectivity index (χ4v) is 6.49. The summed E-state index contributed by atoms with van der Waals surface area (Å²) in [5.41, 5.74) is 6.71. The second-order valence-electron chi connectivity index (χ2n) is 14.8. The van der Waals surface area contributed by atoms with E-state index in [9.17, 15) is 24.0 Å². The zero-order valence-electron chi connectivity index (χ0n) is 33.3. The van der Waals surface area contributed by atoms with Crippen molar-refractivity contribution in [3.8, 4) is 22.6 Å². The Balaban J connectivity index is 1.07. The number of fused-ring (bicyclic) bond motifs is 3. The van der Waals surface area contributed by atoms with Crippen molar-refractivity contribution in [2.75, 3.05) is 19.8 Å². The van der Waals surface area contributed by atoms with Crippen molar-refractivity contribution in [2.45, 2.75) is 77.9 Å². The van der Waals surface area contributed by atoms with Gasteiger partial charge in [-0.2, -0.15) is 0 Å². The molecule has 2 aliphatic rings. The average Bonchev–Trinajstić information content (AvgIpc) is 3.21. The van der Waals surface area contributed by atoms with Crippen LogP contribution in [0.5, 0.6) is 11.5 Å². The molecule has 0 saturated heterocycles. The fourth-order valence-electron chi connectivity index (χ4n) is 6.49. The highest BCUT2D eigenvalue weighted by Gasteiger charge is 2.27. The van der Waals surface area contributed by atoms with Crippen molar-refractivity contribution >= 4 is 35.9 Å². The summed E-state index contributed by atoms with van der Waals surface area (Å²) >= 11 is 0. The van der Waals surface area contributed by atoms with Gasteiger partial charge in [-0.05, 0) is 136 Å². The van der Waals surface area contributed by atoms with Crippen molar-refractivity contribution in [1.29, 1.82) is 0 Å². The van der Waals surface area contributed by atoms with E-state index in [4.69, 9.17) is 28.4 Å². The van der Waals surface area contributed by atoms with Crippen LogP contribution in [0.4, 0.5) is 0 Å². The lowest BCUT2D eigenvalue weighted by atomic mass is 9.84. The first-order chi connectivity index (χ1) is 27.7. The van der Waals surface area contributed by atoms with Crippen LogP contribution in [-0.2, 0) is 51.0 Å². The second kappa shape index (κ2) is 20.3. The van der Waals surface area contributed by atoms with Crippen LogP contribution in [0.1, 0.15) is 79.9 Å². The Hall–Kier alpha value is -6.23. The molecule has 11 nitrogen and oxygen atoms in total. The van der Waals surface area contributed by atoms with Gasteiger partial charge in [0.2, 0.25) is 0 Å². The van der Waals surface area contributed by atoms with Gasteiger partial charge in [0.15, 0.2) is 0 Å². The average molecular weight is 791 g/mol. The number of hydrogen-bond donors (Lipinski definition) is 0. The summed E-state index contributed by atoms with van der Waals surface area (Å²) < 4.78 is 33.3. The minimum atomic E-state index is -0.539. The zero-order chi connectivity index (χ0) is 41.8. The smallest absolute Gasteiger partial charge is 0.338 e. The summed E-state index contributed by atoms with van der Waals surface area (Å²) in [5, 5.41) is 0. The van der Waals surface area contributed by atoms with E-state index in [-0.39, 0.29) is 36.9 Å². The van der Waals surface area contributed by atoms with Gasteiger partial charge in [-0.1, -0.05) is 44.0 Å². The third-order valence-electron chi connectivity index (χ3n) is 9.79. The molecule has 0 spiro atoms. The Morgan fingerprint density at radius 1 is 0.672 bits per heavy atom. The SMILES string of the molecule is C=C(C)C(=O)OCC(CCOc1ccc2c(c1)CCc1cc(/C=C/C(=O)OC3CCC(OC(=O)c4ccc(OC(=O)C(=C)C)cc4)CC3)ccc1-2)COC(=O)C(=C)C. The summed E-state index contributed by atoms with van der Waals surface area (Å²) in [6, 6.07) is 18.3. The van der Waals surface area contributed by atoms with E-state index in [1.54, 1.807) is 39.0 Å². The van der Waals surface area contributed by atoms with Gasteiger partial charge in [-0.3, -0.25) is 0 Å². The number of esters is 5. The summed E-state index contributed by atoms with van der Waals surface area (Å²) in [4.78, 5) is 61.0. The molecule has 0 aliphatic heterocycles. The summed E-state index contributed by atoms with van der Waals surface area (Å²) in [7, 11) is 0. The first-order valence-electron chi connectivity index (χ1n) is 19.4. The van der Waals surface area contributed by atoms with Gasteiger partial charge in [0, 0.05) is 28.7 Å². The van der Waals surface area contributed by atoms with E-state index in [0.717, 1.165) is 35.3 Å². The van der Waals surface area contributed by atoms with Crippen molar-refractivity contribution in [1.82, 2.24) is 0 Å². The lowest BCUT2D eigenvalue weighted by Gasteiger charge is -2.27. The molecule has 0 aromatic heterocycles. The van der Waals surface area contributed by atoms with E-state index >= 15 is 0 Å². The first-order valence-corrected chi connectivity index (χ1v) is 19.4. The Kier molecular flexibility index (Phi) is 15.0. The molecule has 0 bridgehead atoms. The van der Waals surface area contributed by atoms with Crippen molar-refractivity contribution in [3.63, 3.8) is 0 Å². The predicted octanol–water partition coefficient (Wildman–Crippen LogP) is 8.28. The summed E-state index contributed by atoms with van der Waals surface area (Å²) in [6.07, 6.45) is 7.12. The molecule has 0 radical (unpaired) electrons. The van der Waals surface area contributed by atoms with E-state index < -0.39 is 29.8 Å². The van der Waals surface area contributed by atoms with E-state index in [0.29, 0.717) is 61.2 Å². The number of rotatable bonds is 17. The maximum Gasteiger partial charge on any atom is 0.338 e. The predicted molar refractivity (Wildman–Crippen MR) is 218 cm³/mol. The Morgan fingerprint density at radius 3 is 1.79 bits per heavy atom. The van der Waals surface area contributed by atoms with Crippen LogP contribution < -0.4 is 9.47 Å². The quantitative estimate of drug-likeness (QED) is 0.0565. The molecule has 304 valence electrons. The lowest BCUT2D eigenvalue weighted by molar-refractivity contribution is -0.146. The highest BCUT2D eigenvalue weighted by Crippen LogP contribution is 2.36. The van der Waals surface area contributed by atoms with Crippen LogP contribution >= 0.6 is 0 Å². The molecule has 0 N–H and O–H groups in total. The third-order valence-corrected chi connectivity index (χ3v) is 9.79. The summed E-state index contributed by atoms with van der Waals surface area (Å²) in [5.74, 6) is -1.66. The molecule has 2 aliphatic carbocycles. The number of carbonyl (C=O) groups excluding carboxylic acids is 5. The normalized spacial score (nSPS) is 15.7. The van der Waals surface area contributed by atoms with Crippen molar-refractivity contribution in [2.24, 2.45) is 5.92 Å². The number of carbonyl (C=O) groups is 5. The van der Waals surface area contributed by atoms with Crippen LogP contribution in [0, 0.1) is 5.92 Å². The minimum Gasteiger partial charge on any atom is -0.494 e. The highest BCUT2D eigenvalue weighted by molar-refractivity contribution is 5.91. The van der Waals surface area contributed by atoms with Crippen LogP contribution in [0.3, 0.4) is 0 Å². The second-order valence-corrected chi connectivity index (χ2v) is 14.8. The lowest BCUT2D eigenvalue weighted by Crippen LogP contribution is -2.29. The van der Waals surface area contributed by atoms with Gasteiger partial charge < -0.3 is 28.4 Å². The van der Waals surface area contributed by atoms with Crippen LogP contribution in [0.15, 0.2) is 103 Å². The molecule has 3 aromatic rings. The number of ether oxygens (including phenoxy) is 6. The molecule has 0 atom stereocenters. The van der Waals surface area contributed by atoms with Crippen LogP contribution in [0.2, 0.25) is 0 Å². The first kappa shape index (κ1) is 42.9. The molecule has 3 aromatic carbocycles. The maximum absolute atomic E-state index is 12.7. The fraction of sp³-hybridized carbons (Fsp3) is 0.340. The molecule has 58 heavy (non-hydrogen) atoms. The molecule has 5 rings (SSSR count). The topological polar surface area (TPSA) is 141 Å². The number of benzene rings is 3. The Bertz CT molecular complexity index is 2050. The number of aryl methyl sites for hydroxylation is 2. The largest absolute Gasteiger partial charge is 0.494 e. The Morgan fingerprint density at radius 2 is 1.21 bits per heavy atom. The molecule has 0 amide bonds. The molecule has 1 saturated carbocycles. The minimum absolute atomic E-state index is 0.0673. The van der Waals surface area contributed by atoms with Gasteiger partial charge >= 0.3 is 29.8 Å². The van der Waals surface area contributed by atoms with E-state index in [1.807, 2.05) is 18.2 Å². The summed E-state index contributed by atoms with van der Waals surface area (Å²) in [6.45, 7) is 15.9. The van der Waals surface area contributed by atoms with Gasteiger partial charge in [0.05, 0.1) is 25.4 Å². The third kappa shape index (κ3) is 12.4. The molecular formula is C47H50O11. The molecule has 0 heterocycles. The van der Waals surface area contributed by atoms with Gasteiger partial charge in [-0.15, -0.1) is 0 Å². The maximum atomic E-state index is 12.7. The standard InChI is InChI=1S/C47H50O11/c1-29(2)44(49)54-27-33(28-55-45(50)30(3)4)23-24-53-40-19-21-42-36(26-40)10-9-35-25-32(7-20-41(35)42)8-22-43(48)56-37-15-17-39(18-16-37)58-47(52)34-11-13-38(14-12-34)57-46(51)31(5)6/h7-8,11-14,19-22,25-26,33,37,39H,1,3,5,9-10,15-18,23-24,27-28H2,2,4,6H3/b22-8+. The number of hydrogen-bond acceptors (Lipinski definition) is 11. The van der Waals surface area contributed by atoms with Crippen LogP contribution in [0.25, 0.3) is 17.2 Å². The highest BCUT2D eigenvalue weighted by atomic mass is 16.6. The van der Waals surface area contributed by atoms with Crippen LogP contribution in [-0.4, -0.2) is 61.9 Å². The van der Waals surface area contributed by atoms with Gasteiger partial charge in [0.25, 0.3) is 0 Å². The monoisotopic (exact) mass is 790 g/mol. The molecular weight excluding hydrogens is 741 g/mol. The molecule has 11 heteroatoms. The van der Waals surface area contributed by atoms with E-state index in [2.05, 4.69) is 37.9 Å². The Labute approximate surface area is 339 Å². The molecule has 1 fully saturated rings. The van der Waals surface area contributed by atoms with Gasteiger partial charge in [-0.25, -0.2) is 24.0 Å². The van der Waals surface area contributed by atoms with E-state index in [1.165, 1.54) is 29.3 Å². The van der Waals surface area contributed by atoms with Gasteiger partial charge in [0.1, 0.15) is 23.7 Å². The van der Waals surface area contributed by atoms with Crippen molar-refractivity contribution < 1.29 is 52.4 Å².